The van der Waals surface area contributed by atoms with Gasteiger partial charge in [0.25, 0.3) is 0 Å². The van der Waals surface area contributed by atoms with Crippen molar-refractivity contribution in [1.82, 2.24) is 14.3 Å². The minimum atomic E-state index is -0.204. The molecule has 130 valence electrons. The van der Waals surface area contributed by atoms with Gasteiger partial charge in [-0.05, 0) is 36.8 Å². The van der Waals surface area contributed by atoms with Crippen molar-refractivity contribution < 1.29 is 9.29 Å². The van der Waals surface area contributed by atoms with Crippen LogP contribution in [0.2, 0.25) is 0 Å². The van der Waals surface area contributed by atoms with Crippen molar-refractivity contribution in [3.8, 4) is 0 Å². The maximum atomic E-state index is 13.3. The molecule has 1 atom stereocenters. The molecule has 0 aliphatic rings. The minimum absolute atomic E-state index is 0.204. The van der Waals surface area contributed by atoms with E-state index in [1.807, 2.05) is 40.4 Å². The van der Waals surface area contributed by atoms with Gasteiger partial charge < -0.3 is 4.90 Å². The zero-order chi connectivity index (χ0) is 17.8. The first kappa shape index (κ1) is 17.5. The Labute approximate surface area is 152 Å². The molecule has 25 heavy (non-hydrogen) atoms. The summed E-state index contributed by atoms with van der Waals surface area (Å²) in [7, 11) is 2.05. The zero-order valence-electron chi connectivity index (χ0n) is 14.4. The molecular weight excluding hydrogens is 335 g/mol. The van der Waals surface area contributed by atoms with Gasteiger partial charge in [0.05, 0.1) is 13.6 Å². The highest BCUT2D eigenvalue weighted by molar-refractivity contribution is 7.71. The Balaban J connectivity index is 1.73. The molecule has 1 unspecified atom stereocenters. The molecule has 3 rings (SSSR count). The fourth-order valence-electron chi connectivity index (χ4n) is 2.91. The summed E-state index contributed by atoms with van der Waals surface area (Å²) in [6.07, 6.45) is 0. The SMILES string of the molecule is Cc1nn(C[NH+](C)Cc2cccc(F)c2)c(=S)n1Cc1ccccc1. The van der Waals surface area contributed by atoms with Gasteiger partial charge in [0.1, 0.15) is 18.2 Å². The molecule has 0 radical (unpaired) electrons. The normalized spacial score (nSPS) is 12.3. The third kappa shape index (κ3) is 4.41. The second-order valence-corrected chi connectivity index (χ2v) is 6.69. The van der Waals surface area contributed by atoms with Crippen molar-refractivity contribution in [2.24, 2.45) is 0 Å². The van der Waals surface area contributed by atoms with E-state index in [4.69, 9.17) is 12.2 Å². The number of nitrogens with one attached hydrogen (secondary N) is 1. The van der Waals surface area contributed by atoms with Crippen molar-refractivity contribution in [2.75, 3.05) is 7.05 Å². The van der Waals surface area contributed by atoms with Crippen LogP contribution in [0.3, 0.4) is 0 Å². The minimum Gasteiger partial charge on any atom is -0.315 e. The largest absolute Gasteiger partial charge is 0.315 e. The van der Waals surface area contributed by atoms with Gasteiger partial charge in [-0.25, -0.2) is 4.39 Å². The molecule has 0 spiro atoms. The summed E-state index contributed by atoms with van der Waals surface area (Å²) in [6, 6.07) is 16.9. The average molecular weight is 357 g/mol. The molecule has 0 saturated carbocycles. The second kappa shape index (κ2) is 7.72. The number of hydrogen-bond acceptors (Lipinski definition) is 2. The van der Waals surface area contributed by atoms with E-state index in [0.29, 0.717) is 24.5 Å². The maximum absolute atomic E-state index is 13.3. The molecule has 6 heteroatoms. The molecule has 1 N–H and O–H groups in total. The first-order valence-corrected chi connectivity index (χ1v) is 8.67. The number of halogens is 1. The second-order valence-electron chi connectivity index (χ2n) is 6.32. The van der Waals surface area contributed by atoms with E-state index < -0.39 is 0 Å². The Morgan fingerprint density at radius 3 is 2.52 bits per heavy atom. The van der Waals surface area contributed by atoms with E-state index in [1.54, 1.807) is 12.1 Å². The predicted octanol–water partition coefficient (Wildman–Crippen LogP) is 2.58. The summed E-state index contributed by atoms with van der Waals surface area (Å²) in [5, 5.41) is 4.59. The van der Waals surface area contributed by atoms with Gasteiger partial charge in [-0.1, -0.05) is 42.5 Å². The Kier molecular flexibility index (Phi) is 5.40. The van der Waals surface area contributed by atoms with E-state index in [9.17, 15) is 4.39 Å². The average Bonchev–Trinajstić information content (AvgIpc) is 2.83. The van der Waals surface area contributed by atoms with Crippen molar-refractivity contribution in [3.63, 3.8) is 0 Å². The van der Waals surface area contributed by atoms with Crippen molar-refractivity contribution in [1.29, 1.82) is 0 Å². The van der Waals surface area contributed by atoms with Crippen LogP contribution in [0.1, 0.15) is 17.0 Å². The lowest BCUT2D eigenvalue weighted by molar-refractivity contribution is -0.917. The molecule has 0 aliphatic carbocycles. The van der Waals surface area contributed by atoms with Crippen molar-refractivity contribution in [3.05, 3.63) is 82.1 Å². The highest BCUT2D eigenvalue weighted by Crippen LogP contribution is 2.07. The van der Waals surface area contributed by atoms with E-state index in [0.717, 1.165) is 11.4 Å². The van der Waals surface area contributed by atoms with Gasteiger partial charge in [0.15, 0.2) is 6.67 Å². The maximum Gasteiger partial charge on any atom is 0.203 e. The van der Waals surface area contributed by atoms with Gasteiger partial charge >= 0.3 is 0 Å². The van der Waals surface area contributed by atoms with Gasteiger partial charge in [-0.3, -0.25) is 4.57 Å². The van der Waals surface area contributed by atoms with E-state index in [2.05, 4.69) is 24.3 Å². The fraction of sp³-hybridized carbons (Fsp3) is 0.263. The van der Waals surface area contributed by atoms with Crippen LogP contribution in [0.4, 0.5) is 4.39 Å². The number of hydrogen-bond donors (Lipinski definition) is 1. The lowest BCUT2D eigenvalue weighted by atomic mass is 10.2. The third-order valence-corrected chi connectivity index (χ3v) is 4.54. The van der Waals surface area contributed by atoms with E-state index in [1.165, 1.54) is 16.5 Å². The number of quaternary nitrogens is 1. The summed E-state index contributed by atoms with van der Waals surface area (Å²) in [6.45, 7) is 4.04. The summed E-state index contributed by atoms with van der Waals surface area (Å²) in [5.74, 6) is 0.692. The van der Waals surface area contributed by atoms with Crippen molar-refractivity contribution >= 4 is 12.2 Å². The van der Waals surface area contributed by atoms with Gasteiger partial charge in [0.2, 0.25) is 4.77 Å². The number of nitrogens with zero attached hydrogens (tertiary/aromatic N) is 3. The fourth-order valence-corrected chi connectivity index (χ4v) is 3.21. The molecule has 0 aliphatic heterocycles. The highest BCUT2D eigenvalue weighted by atomic mass is 32.1. The van der Waals surface area contributed by atoms with Gasteiger partial charge in [-0.2, -0.15) is 9.78 Å². The standard InChI is InChI=1S/C19H21FN4S/c1-15-21-24(14-22(2)12-17-9-6-10-18(20)11-17)19(25)23(15)13-16-7-4-3-5-8-16/h3-11H,12-14H2,1-2H3/p+1. The smallest absolute Gasteiger partial charge is 0.203 e. The first-order chi connectivity index (χ1) is 12.0. The molecule has 3 aromatic rings. The summed E-state index contributed by atoms with van der Waals surface area (Å²) >= 11 is 5.61. The summed E-state index contributed by atoms with van der Waals surface area (Å²) in [4.78, 5) is 1.19. The predicted molar refractivity (Wildman–Crippen MR) is 98.3 cm³/mol. The molecule has 0 bridgehead atoms. The van der Waals surface area contributed by atoms with Crippen LogP contribution in [0.25, 0.3) is 0 Å². The van der Waals surface area contributed by atoms with E-state index >= 15 is 0 Å². The molecule has 4 nitrogen and oxygen atoms in total. The molecule has 0 fully saturated rings. The molecule has 1 heterocycles. The molecule has 0 saturated heterocycles. The van der Waals surface area contributed by atoms with Crippen LogP contribution in [0.15, 0.2) is 54.6 Å². The Morgan fingerprint density at radius 1 is 1.08 bits per heavy atom. The quantitative estimate of drug-likeness (QED) is 0.687. The number of aryl methyl sites for hydroxylation is 1. The Hall–Kier alpha value is -2.31. The first-order valence-electron chi connectivity index (χ1n) is 8.27. The lowest BCUT2D eigenvalue weighted by Crippen LogP contribution is -3.07. The van der Waals surface area contributed by atoms with Crippen LogP contribution in [-0.2, 0) is 19.8 Å². The Morgan fingerprint density at radius 2 is 1.80 bits per heavy atom. The number of aromatic nitrogens is 3. The topological polar surface area (TPSA) is 27.2 Å². The van der Waals surface area contributed by atoms with Gasteiger partial charge in [0, 0.05) is 5.56 Å². The van der Waals surface area contributed by atoms with Crippen LogP contribution in [0, 0.1) is 17.5 Å². The monoisotopic (exact) mass is 357 g/mol. The van der Waals surface area contributed by atoms with Gasteiger partial charge in [-0.15, -0.1) is 0 Å². The van der Waals surface area contributed by atoms with Crippen LogP contribution < -0.4 is 4.90 Å². The van der Waals surface area contributed by atoms with Crippen LogP contribution in [0.5, 0.6) is 0 Å². The molecular formula is C19H22FN4S+. The third-order valence-electron chi connectivity index (χ3n) is 4.11. The molecule has 1 aromatic heterocycles. The number of benzene rings is 2. The molecule has 0 amide bonds. The zero-order valence-corrected chi connectivity index (χ0v) is 15.3. The Bertz CT molecular complexity index is 901. The van der Waals surface area contributed by atoms with E-state index in [-0.39, 0.29) is 5.82 Å². The van der Waals surface area contributed by atoms with Crippen LogP contribution >= 0.6 is 12.2 Å². The molecule has 2 aromatic carbocycles. The summed E-state index contributed by atoms with van der Waals surface area (Å²) in [5.41, 5.74) is 2.16. The lowest BCUT2D eigenvalue weighted by Gasteiger charge is -2.13. The van der Waals surface area contributed by atoms with Crippen LogP contribution in [-0.4, -0.2) is 21.4 Å². The van der Waals surface area contributed by atoms with Crippen molar-refractivity contribution in [2.45, 2.75) is 26.7 Å². The number of rotatable bonds is 6. The highest BCUT2D eigenvalue weighted by Gasteiger charge is 2.12. The summed E-state index contributed by atoms with van der Waals surface area (Å²) < 4.78 is 17.9.